The van der Waals surface area contributed by atoms with Crippen LogP contribution in [0.3, 0.4) is 0 Å². The maximum absolute atomic E-state index is 13.7. The van der Waals surface area contributed by atoms with Gasteiger partial charge in [0.25, 0.3) is 0 Å². The lowest BCUT2D eigenvalue weighted by atomic mass is 9.97. The van der Waals surface area contributed by atoms with E-state index in [4.69, 9.17) is 14.2 Å². The first-order chi connectivity index (χ1) is 11.5. The van der Waals surface area contributed by atoms with Crippen molar-refractivity contribution in [1.29, 1.82) is 0 Å². The highest BCUT2D eigenvalue weighted by molar-refractivity contribution is 6.00. The van der Waals surface area contributed by atoms with E-state index in [1.807, 2.05) is 0 Å². The van der Waals surface area contributed by atoms with Crippen LogP contribution in [0.1, 0.15) is 22.2 Å². The Morgan fingerprint density at radius 3 is 2.62 bits per heavy atom. The Morgan fingerprint density at radius 2 is 2.00 bits per heavy atom. The number of aromatic nitrogens is 1. The van der Waals surface area contributed by atoms with Crippen LogP contribution in [0.5, 0.6) is 5.88 Å². The minimum Gasteiger partial charge on any atom is -0.481 e. The van der Waals surface area contributed by atoms with Crippen LogP contribution in [-0.2, 0) is 9.47 Å². The predicted octanol–water partition coefficient (Wildman–Crippen LogP) is 2.09. The zero-order valence-corrected chi connectivity index (χ0v) is 12.7. The molecule has 24 heavy (non-hydrogen) atoms. The van der Waals surface area contributed by atoms with Crippen molar-refractivity contribution in [3.8, 4) is 5.88 Å². The molecule has 1 aliphatic heterocycles. The van der Waals surface area contributed by atoms with Crippen molar-refractivity contribution < 1.29 is 32.6 Å². The summed E-state index contributed by atoms with van der Waals surface area (Å²) in [4.78, 5) is 27.5. The van der Waals surface area contributed by atoms with Crippen LogP contribution in [0.4, 0.5) is 13.6 Å². The third kappa shape index (κ3) is 2.47. The molecule has 1 aromatic heterocycles. The summed E-state index contributed by atoms with van der Waals surface area (Å²) in [6, 6.07) is 1.82. The Labute approximate surface area is 134 Å². The van der Waals surface area contributed by atoms with E-state index in [1.165, 1.54) is 14.2 Å². The number of cyclic esters (lactones) is 1. The van der Waals surface area contributed by atoms with Gasteiger partial charge in [-0.3, -0.25) is 0 Å². The number of pyridine rings is 1. The Morgan fingerprint density at radius 1 is 1.33 bits per heavy atom. The van der Waals surface area contributed by atoms with Crippen molar-refractivity contribution in [2.24, 2.45) is 0 Å². The Hall–Kier alpha value is -2.97. The quantitative estimate of drug-likeness (QED) is 0.844. The number of halogens is 2. The molecule has 3 rings (SSSR count). The molecule has 1 N–H and O–H groups in total. The summed E-state index contributed by atoms with van der Waals surface area (Å²) in [5, 5.41) is 2.57. The molecule has 7 nitrogen and oxygen atoms in total. The number of benzene rings is 1. The summed E-state index contributed by atoms with van der Waals surface area (Å²) in [7, 11) is 2.64. The number of hydrogen-bond acceptors (Lipinski definition) is 6. The van der Waals surface area contributed by atoms with Crippen LogP contribution in [0.2, 0.25) is 0 Å². The average molecular weight is 338 g/mol. The minimum absolute atomic E-state index is 0.0693. The molecular weight excluding hydrogens is 326 g/mol. The SMILES string of the molecule is CNC(=O)O[C@@H]1COC(=O)c2nc(OC)c3cc(F)c(F)cc3c21. The summed E-state index contributed by atoms with van der Waals surface area (Å²) in [6.45, 7) is -0.263. The van der Waals surface area contributed by atoms with Crippen LogP contribution in [-0.4, -0.2) is 37.8 Å². The van der Waals surface area contributed by atoms with Gasteiger partial charge in [0.15, 0.2) is 23.4 Å². The zero-order valence-electron chi connectivity index (χ0n) is 12.7. The number of amides is 1. The molecule has 1 aliphatic rings. The largest absolute Gasteiger partial charge is 0.481 e. The van der Waals surface area contributed by atoms with Crippen molar-refractivity contribution in [2.75, 3.05) is 20.8 Å². The van der Waals surface area contributed by atoms with Crippen molar-refractivity contribution in [3.63, 3.8) is 0 Å². The number of carbonyl (C=O) groups excluding carboxylic acids is 2. The standard InChI is InChI=1S/C15H12F2N2O5/c1-18-15(21)24-10-5-23-14(20)12-11(10)6-3-8(16)9(17)4-7(6)13(19-12)22-2/h3-4,10H,5H2,1-2H3,(H,18,21)/t10-/m1/s1. The van der Waals surface area contributed by atoms with Crippen LogP contribution < -0.4 is 10.1 Å². The molecule has 0 saturated heterocycles. The highest BCUT2D eigenvalue weighted by Crippen LogP contribution is 2.37. The van der Waals surface area contributed by atoms with E-state index in [-0.39, 0.29) is 34.5 Å². The van der Waals surface area contributed by atoms with E-state index in [0.717, 1.165) is 12.1 Å². The minimum atomic E-state index is -1.12. The molecule has 1 atom stereocenters. The topological polar surface area (TPSA) is 86.8 Å². The number of alkyl carbamates (subject to hydrolysis) is 1. The van der Waals surface area contributed by atoms with Crippen LogP contribution in [0, 0.1) is 11.6 Å². The molecule has 1 amide bonds. The van der Waals surface area contributed by atoms with E-state index in [2.05, 4.69) is 10.3 Å². The highest BCUT2D eigenvalue weighted by atomic mass is 19.2. The van der Waals surface area contributed by atoms with Gasteiger partial charge in [0.05, 0.1) is 7.11 Å². The van der Waals surface area contributed by atoms with Gasteiger partial charge in [-0.15, -0.1) is 0 Å². The second-order valence-corrected chi connectivity index (χ2v) is 4.94. The van der Waals surface area contributed by atoms with Crippen LogP contribution in [0.15, 0.2) is 12.1 Å². The number of ether oxygens (including phenoxy) is 3. The molecule has 126 valence electrons. The molecule has 0 radical (unpaired) electrons. The van der Waals surface area contributed by atoms with Gasteiger partial charge in [-0.25, -0.2) is 23.4 Å². The van der Waals surface area contributed by atoms with Gasteiger partial charge in [-0.2, -0.15) is 0 Å². The molecule has 9 heteroatoms. The van der Waals surface area contributed by atoms with E-state index in [1.54, 1.807) is 0 Å². The third-order valence-corrected chi connectivity index (χ3v) is 3.58. The lowest BCUT2D eigenvalue weighted by Crippen LogP contribution is -2.30. The van der Waals surface area contributed by atoms with Gasteiger partial charge in [0.1, 0.15) is 6.61 Å². The van der Waals surface area contributed by atoms with E-state index in [0.29, 0.717) is 0 Å². The summed E-state index contributed by atoms with van der Waals surface area (Å²) in [5.41, 5.74) is -0.0324. The van der Waals surface area contributed by atoms with Gasteiger partial charge in [-0.05, 0) is 17.5 Å². The molecule has 0 fully saturated rings. The lowest BCUT2D eigenvalue weighted by Gasteiger charge is -2.26. The Bertz CT molecular complexity index is 856. The summed E-state index contributed by atoms with van der Waals surface area (Å²) in [6.07, 6.45) is -1.78. The van der Waals surface area contributed by atoms with Crippen molar-refractivity contribution >= 4 is 22.8 Å². The number of rotatable bonds is 2. The highest BCUT2D eigenvalue weighted by Gasteiger charge is 2.34. The Kier molecular flexibility index (Phi) is 3.92. The monoisotopic (exact) mass is 338 g/mol. The molecule has 0 bridgehead atoms. The fourth-order valence-electron chi connectivity index (χ4n) is 2.52. The zero-order chi connectivity index (χ0) is 17.4. The first-order valence-electron chi connectivity index (χ1n) is 6.88. The fraction of sp³-hybridized carbons (Fsp3) is 0.267. The number of nitrogens with one attached hydrogen (secondary N) is 1. The van der Waals surface area contributed by atoms with E-state index < -0.39 is 29.8 Å². The maximum atomic E-state index is 13.7. The van der Waals surface area contributed by atoms with Crippen LogP contribution in [0.25, 0.3) is 10.8 Å². The maximum Gasteiger partial charge on any atom is 0.407 e. The average Bonchev–Trinajstić information content (AvgIpc) is 2.57. The predicted molar refractivity (Wildman–Crippen MR) is 76.8 cm³/mol. The summed E-state index contributed by atoms with van der Waals surface area (Å²) in [5.74, 6) is -3.05. The number of nitrogens with zero attached hydrogens (tertiary/aromatic N) is 1. The molecule has 2 heterocycles. The van der Waals surface area contributed by atoms with Gasteiger partial charge in [0, 0.05) is 18.0 Å². The summed E-state index contributed by atoms with van der Waals surface area (Å²) < 4.78 is 42.4. The van der Waals surface area contributed by atoms with Gasteiger partial charge in [0.2, 0.25) is 5.88 Å². The van der Waals surface area contributed by atoms with Gasteiger partial charge >= 0.3 is 12.1 Å². The number of hydrogen-bond donors (Lipinski definition) is 1. The van der Waals surface area contributed by atoms with Crippen molar-refractivity contribution in [1.82, 2.24) is 10.3 Å². The first kappa shape index (κ1) is 15.9. The normalized spacial score (nSPS) is 16.3. The van der Waals surface area contributed by atoms with E-state index >= 15 is 0 Å². The number of fused-ring (bicyclic) bond motifs is 3. The molecule has 1 aromatic carbocycles. The number of methoxy groups -OCH3 is 1. The Balaban J connectivity index is 2.31. The fourth-order valence-corrected chi connectivity index (χ4v) is 2.52. The summed E-state index contributed by atoms with van der Waals surface area (Å²) >= 11 is 0. The first-order valence-corrected chi connectivity index (χ1v) is 6.88. The molecule has 0 spiro atoms. The molecular formula is C15H12F2N2O5. The number of esters is 1. The number of carbonyl (C=O) groups is 2. The second-order valence-electron chi connectivity index (χ2n) is 4.94. The molecule has 0 saturated carbocycles. The van der Waals surface area contributed by atoms with Crippen molar-refractivity contribution in [3.05, 3.63) is 35.0 Å². The molecule has 0 aliphatic carbocycles. The van der Waals surface area contributed by atoms with Gasteiger partial charge in [-0.1, -0.05) is 0 Å². The van der Waals surface area contributed by atoms with Crippen LogP contribution >= 0.6 is 0 Å². The smallest absolute Gasteiger partial charge is 0.407 e. The molecule has 2 aromatic rings. The van der Waals surface area contributed by atoms with Crippen molar-refractivity contribution in [2.45, 2.75) is 6.10 Å². The second kappa shape index (κ2) is 5.91. The lowest BCUT2D eigenvalue weighted by molar-refractivity contribution is 0.00808. The third-order valence-electron chi connectivity index (χ3n) is 3.58. The van der Waals surface area contributed by atoms with Gasteiger partial charge < -0.3 is 19.5 Å². The molecule has 0 unspecified atom stereocenters. The van der Waals surface area contributed by atoms with E-state index in [9.17, 15) is 18.4 Å².